The van der Waals surface area contributed by atoms with Crippen molar-refractivity contribution in [1.29, 1.82) is 0 Å². The molecule has 0 aliphatic rings. The van der Waals surface area contributed by atoms with E-state index in [0.717, 1.165) is 5.56 Å². The maximum absolute atomic E-state index is 12.3. The zero-order valence-electron chi connectivity index (χ0n) is 11.7. The topological polar surface area (TPSA) is 46.9 Å². The molecule has 0 aliphatic heterocycles. The molecule has 1 aromatic carbocycles. The summed E-state index contributed by atoms with van der Waals surface area (Å²) in [6, 6.07) is 13.7. The van der Waals surface area contributed by atoms with E-state index in [-0.39, 0.29) is 10.6 Å². The van der Waals surface area contributed by atoms with Gasteiger partial charge < -0.3 is 5.32 Å². The van der Waals surface area contributed by atoms with E-state index in [9.17, 15) is 4.79 Å². The Balaban J connectivity index is 1.78. The highest BCUT2D eigenvalue weighted by Crippen LogP contribution is 2.18. The smallest absolute Gasteiger partial charge is 0.287 e. The molecule has 0 radical (unpaired) electrons. The van der Waals surface area contributed by atoms with Gasteiger partial charge in [0.2, 0.25) is 0 Å². The third-order valence-corrected chi connectivity index (χ3v) is 4.43. The van der Waals surface area contributed by atoms with Crippen molar-refractivity contribution < 1.29 is 0 Å². The fourth-order valence-corrected chi connectivity index (χ4v) is 2.91. The number of anilines is 1. The monoisotopic (exact) mass is 331 g/mol. The lowest BCUT2D eigenvalue weighted by atomic mass is 10.2. The van der Waals surface area contributed by atoms with Gasteiger partial charge in [-0.2, -0.15) is 5.10 Å². The van der Waals surface area contributed by atoms with Crippen LogP contribution in [0.4, 0.5) is 5.69 Å². The molecule has 0 atom stereocenters. The van der Waals surface area contributed by atoms with Crippen molar-refractivity contribution in [2.75, 3.05) is 5.32 Å². The Bertz CT molecular complexity index is 800. The first-order valence-corrected chi connectivity index (χ1v) is 8.05. The number of halogens is 1. The number of hydrogen-bond acceptors (Lipinski definition) is 4. The van der Waals surface area contributed by atoms with Crippen molar-refractivity contribution in [3.05, 3.63) is 79.9 Å². The van der Waals surface area contributed by atoms with Gasteiger partial charge in [0.15, 0.2) is 0 Å². The van der Waals surface area contributed by atoms with E-state index in [0.29, 0.717) is 18.8 Å². The first-order chi connectivity index (χ1) is 10.7. The lowest BCUT2D eigenvalue weighted by Gasteiger charge is -2.09. The molecule has 0 aliphatic carbocycles. The second kappa shape index (κ2) is 6.77. The van der Waals surface area contributed by atoms with Crippen LogP contribution in [0.5, 0.6) is 0 Å². The van der Waals surface area contributed by atoms with Gasteiger partial charge in [-0.25, -0.2) is 4.68 Å². The van der Waals surface area contributed by atoms with Crippen molar-refractivity contribution in [2.45, 2.75) is 13.1 Å². The van der Waals surface area contributed by atoms with Gasteiger partial charge in [0, 0.05) is 11.4 Å². The maximum Gasteiger partial charge on any atom is 0.287 e. The number of aromatic nitrogens is 2. The summed E-state index contributed by atoms with van der Waals surface area (Å²) < 4.78 is 1.37. The lowest BCUT2D eigenvalue weighted by Crippen LogP contribution is -2.24. The standard InChI is InChI=1S/C16H14ClN3OS/c17-15-14(18-9-13-7-4-8-22-13)10-19-20(16(15)21)11-12-5-2-1-3-6-12/h1-8,10,18H,9,11H2. The molecule has 1 N–H and O–H groups in total. The molecule has 6 heteroatoms. The minimum absolute atomic E-state index is 0.169. The zero-order chi connectivity index (χ0) is 15.4. The van der Waals surface area contributed by atoms with Crippen LogP contribution in [0.3, 0.4) is 0 Å². The highest BCUT2D eigenvalue weighted by atomic mass is 35.5. The molecule has 2 aromatic heterocycles. The Morgan fingerprint density at radius 1 is 1.18 bits per heavy atom. The molecule has 0 spiro atoms. The van der Waals surface area contributed by atoms with Crippen LogP contribution in [0.15, 0.2) is 58.8 Å². The first kappa shape index (κ1) is 14.8. The van der Waals surface area contributed by atoms with E-state index in [1.54, 1.807) is 17.5 Å². The van der Waals surface area contributed by atoms with Gasteiger partial charge in [0.05, 0.1) is 18.4 Å². The molecule has 2 heterocycles. The molecule has 0 fully saturated rings. The molecule has 0 saturated heterocycles. The molecule has 3 aromatic rings. The quantitative estimate of drug-likeness (QED) is 0.776. The van der Waals surface area contributed by atoms with Crippen LogP contribution in [-0.4, -0.2) is 9.78 Å². The Morgan fingerprint density at radius 2 is 2.00 bits per heavy atom. The number of benzene rings is 1. The lowest BCUT2D eigenvalue weighted by molar-refractivity contribution is 0.640. The molecule has 0 amide bonds. The second-order valence-corrected chi connectivity index (χ2v) is 6.16. The summed E-state index contributed by atoms with van der Waals surface area (Å²) >= 11 is 7.82. The van der Waals surface area contributed by atoms with E-state index < -0.39 is 0 Å². The average Bonchev–Trinajstić information content (AvgIpc) is 3.06. The van der Waals surface area contributed by atoms with E-state index in [1.807, 2.05) is 47.8 Å². The highest BCUT2D eigenvalue weighted by Gasteiger charge is 2.09. The summed E-state index contributed by atoms with van der Waals surface area (Å²) in [5.74, 6) is 0. The summed E-state index contributed by atoms with van der Waals surface area (Å²) in [7, 11) is 0. The number of hydrogen-bond donors (Lipinski definition) is 1. The van der Waals surface area contributed by atoms with Gasteiger partial charge in [0.25, 0.3) is 5.56 Å². The van der Waals surface area contributed by atoms with E-state index in [4.69, 9.17) is 11.6 Å². The summed E-state index contributed by atoms with van der Waals surface area (Å²) in [5, 5.41) is 9.52. The van der Waals surface area contributed by atoms with Crippen LogP contribution >= 0.6 is 22.9 Å². The van der Waals surface area contributed by atoms with Gasteiger partial charge in [-0.3, -0.25) is 4.79 Å². The minimum Gasteiger partial charge on any atom is -0.377 e. The van der Waals surface area contributed by atoms with E-state index >= 15 is 0 Å². The third-order valence-electron chi connectivity index (χ3n) is 3.19. The molecule has 22 heavy (non-hydrogen) atoms. The molecule has 0 saturated carbocycles. The summed E-state index contributed by atoms with van der Waals surface area (Å²) in [6.07, 6.45) is 1.60. The predicted molar refractivity (Wildman–Crippen MR) is 90.7 cm³/mol. The van der Waals surface area contributed by atoms with Crippen molar-refractivity contribution in [3.63, 3.8) is 0 Å². The van der Waals surface area contributed by atoms with E-state index in [2.05, 4.69) is 10.4 Å². The SMILES string of the molecule is O=c1c(Cl)c(NCc2cccs2)cnn1Cc1ccccc1. The Hall–Kier alpha value is -2.11. The van der Waals surface area contributed by atoms with Crippen LogP contribution in [0.25, 0.3) is 0 Å². The van der Waals surface area contributed by atoms with Crippen molar-refractivity contribution in [2.24, 2.45) is 0 Å². The molecule has 112 valence electrons. The van der Waals surface area contributed by atoms with Crippen molar-refractivity contribution in [3.8, 4) is 0 Å². The van der Waals surface area contributed by atoms with Crippen LogP contribution in [0, 0.1) is 0 Å². The predicted octanol–water partition coefficient (Wildman–Crippen LogP) is 3.62. The fraction of sp³-hybridized carbons (Fsp3) is 0.125. The average molecular weight is 332 g/mol. The summed E-state index contributed by atoms with van der Waals surface area (Å²) in [5.41, 5.74) is 1.28. The van der Waals surface area contributed by atoms with Crippen molar-refractivity contribution >= 4 is 28.6 Å². The normalized spacial score (nSPS) is 10.6. The van der Waals surface area contributed by atoms with E-state index in [1.165, 1.54) is 9.56 Å². The zero-order valence-corrected chi connectivity index (χ0v) is 13.3. The minimum atomic E-state index is -0.290. The number of nitrogens with one attached hydrogen (secondary N) is 1. The van der Waals surface area contributed by atoms with Crippen LogP contribution in [0.2, 0.25) is 5.02 Å². The van der Waals surface area contributed by atoms with Gasteiger partial charge >= 0.3 is 0 Å². The van der Waals surface area contributed by atoms with Gasteiger partial charge in [0.1, 0.15) is 5.02 Å². The van der Waals surface area contributed by atoms with Crippen LogP contribution in [0.1, 0.15) is 10.4 Å². The number of nitrogens with zero attached hydrogens (tertiary/aromatic N) is 2. The Kier molecular flexibility index (Phi) is 4.56. The largest absolute Gasteiger partial charge is 0.377 e. The van der Waals surface area contributed by atoms with Gasteiger partial charge in [-0.15, -0.1) is 11.3 Å². The molecule has 0 bridgehead atoms. The fourth-order valence-electron chi connectivity index (χ4n) is 2.05. The molecular formula is C16H14ClN3OS. The number of thiophene rings is 1. The molecular weight excluding hydrogens is 318 g/mol. The van der Waals surface area contributed by atoms with Crippen LogP contribution in [-0.2, 0) is 13.1 Å². The summed E-state index contributed by atoms with van der Waals surface area (Å²) in [6.45, 7) is 1.03. The van der Waals surface area contributed by atoms with Gasteiger partial charge in [-0.05, 0) is 17.0 Å². The third kappa shape index (κ3) is 3.37. The second-order valence-electron chi connectivity index (χ2n) is 4.75. The first-order valence-electron chi connectivity index (χ1n) is 6.80. The highest BCUT2D eigenvalue weighted by molar-refractivity contribution is 7.09. The maximum atomic E-state index is 12.3. The van der Waals surface area contributed by atoms with Crippen molar-refractivity contribution in [1.82, 2.24) is 9.78 Å². The van der Waals surface area contributed by atoms with Crippen LogP contribution < -0.4 is 10.9 Å². The Labute approximate surface area is 137 Å². The molecule has 0 unspecified atom stereocenters. The molecule has 3 rings (SSSR count). The number of rotatable bonds is 5. The van der Waals surface area contributed by atoms with Gasteiger partial charge in [-0.1, -0.05) is 48.0 Å². The summed E-state index contributed by atoms with van der Waals surface area (Å²) in [4.78, 5) is 13.5. The molecule has 4 nitrogen and oxygen atoms in total. The Morgan fingerprint density at radius 3 is 2.73 bits per heavy atom.